The third-order valence-electron chi connectivity index (χ3n) is 9.22. The smallest absolute Gasteiger partial charge is 0.328 e. The Balaban J connectivity index is 1.25. The van der Waals surface area contributed by atoms with Gasteiger partial charge < -0.3 is 25.0 Å². The highest BCUT2D eigenvalue weighted by atomic mass is 32.1. The average molecular weight is 626 g/mol. The molecule has 3 N–H and O–H groups in total. The number of carbonyl (C=O) groups excluding carboxylic acids is 2. The van der Waals surface area contributed by atoms with Gasteiger partial charge in [0.15, 0.2) is 0 Å². The van der Waals surface area contributed by atoms with Crippen molar-refractivity contribution in [2.24, 2.45) is 0 Å². The monoisotopic (exact) mass is 625 g/mol. The second-order valence-corrected chi connectivity index (χ2v) is 12.9. The highest BCUT2D eigenvalue weighted by Gasteiger charge is 2.45. The van der Waals surface area contributed by atoms with Crippen molar-refractivity contribution < 1.29 is 24.2 Å². The van der Waals surface area contributed by atoms with Crippen LogP contribution in [-0.2, 0) is 9.59 Å². The van der Waals surface area contributed by atoms with Gasteiger partial charge in [-0.3, -0.25) is 9.59 Å². The lowest BCUT2D eigenvalue weighted by molar-refractivity contribution is -0.131. The number of carboxylic acids is 1. The zero-order chi connectivity index (χ0) is 31.6. The first-order valence-electron chi connectivity index (χ1n) is 15.8. The molecule has 6 rings (SSSR count). The van der Waals surface area contributed by atoms with Crippen LogP contribution in [0.2, 0.25) is 0 Å². The molecule has 0 saturated heterocycles. The lowest BCUT2D eigenvalue weighted by atomic mass is 9.75. The van der Waals surface area contributed by atoms with Gasteiger partial charge in [0.25, 0.3) is 5.91 Å². The van der Waals surface area contributed by atoms with Gasteiger partial charge in [0.05, 0.1) is 12.3 Å². The number of thiophene rings is 1. The normalized spacial score (nSPS) is 16.4. The second kappa shape index (κ2) is 12.9. The molecule has 0 aliphatic heterocycles. The molecular formula is C36H39N3O5S. The van der Waals surface area contributed by atoms with Crippen molar-refractivity contribution in [2.75, 3.05) is 11.9 Å². The Morgan fingerprint density at radius 3 is 2.53 bits per heavy atom. The maximum Gasteiger partial charge on any atom is 0.328 e. The number of fused-ring (bicyclic) bond motifs is 1. The van der Waals surface area contributed by atoms with E-state index in [9.17, 15) is 14.4 Å². The quantitative estimate of drug-likeness (QED) is 0.155. The number of nitrogens with one attached hydrogen (secondary N) is 2. The third kappa shape index (κ3) is 6.14. The van der Waals surface area contributed by atoms with E-state index in [1.807, 2.05) is 19.1 Å². The van der Waals surface area contributed by atoms with Crippen molar-refractivity contribution in [3.63, 3.8) is 0 Å². The van der Waals surface area contributed by atoms with Gasteiger partial charge in [-0.1, -0.05) is 19.3 Å². The number of anilines is 1. The highest BCUT2D eigenvalue weighted by molar-refractivity contribution is 7.08. The fourth-order valence-corrected chi connectivity index (χ4v) is 7.40. The van der Waals surface area contributed by atoms with E-state index >= 15 is 0 Å². The third-order valence-corrected chi connectivity index (χ3v) is 9.91. The molecule has 8 nitrogen and oxygen atoms in total. The molecule has 2 aromatic heterocycles. The molecule has 0 spiro atoms. The summed E-state index contributed by atoms with van der Waals surface area (Å²) in [6.07, 6.45) is 10.5. The Bertz CT molecular complexity index is 1760. The first-order valence-corrected chi connectivity index (χ1v) is 16.7. The van der Waals surface area contributed by atoms with Gasteiger partial charge in [-0.15, -0.1) is 0 Å². The minimum absolute atomic E-state index is 0.266. The molecule has 45 heavy (non-hydrogen) atoms. The molecule has 2 aliphatic carbocycles. The summed E-state index contributed by atoms with van der Waals surface area (Å²) < 4.78 is 8.20. The van der Waals surface area contributed by atoms with Crippen molar-refractivity contribution in [1.82, 2.24) is 9.88 Å². The molecule has 234 valence electrons. The number of ether oxygens (including phenoxy) is 1. The second-order valence-electron chi connectivity index (χ2n) is 12.1. The molecular weight excluding hydrogens is 586 g/mol. The van der Waals surface area contributed by atoms with E-state index < -0.39 is 11.5 Å². The number of aliphatic carboxylic acids is 1. The van der Waals surface area contributed by atoms with Crippen LogP contribution in [0.1, 0.15) is 85.8 Å². The topological polar surface area (TPSA) is 110 Å². The van der Waals surface area contributed by atoms with E-state index in [1.165, 1.54) is 42.2 Å². The number of hydrogen-bond acceptors (Lipinski definition) is 5. The van der Waals surface area contributed by atoms with E-state index in [-0.39, 0.29) is 11.8 Å². The maximum atomic E-state index is 13.7. The Morgan fingerprint density at radius 1 is 1.07 bits per heavy atom. The molecule has 0 radical (unpaired) electrons. The van der Waals surface area contributed by atoms with Crippen LogP contribution >= 0.6 is 11.3 Å². The van der Waals surface area contributed by atoms with Crippen LogP contribution in [0, 0.1) is 6.92 Å². The lowest BCUT2D eigenvalue weighted by Gasteiger charge is -2.40. The first kappa shape index (κ1) is 30.6. The summed E-state index contributed by atoms with van der Waals surface area (Å²) in [4.78, 5) is 38.3. The van der Waals surface area contributed by atoms with Gasteiger partial charge in [0.1, 0.15) is 11.3 Å². The number of benzene rings is 2. The van der Waals surface area contributed by atoms with Crippen LogP contribution in [-0.4, -0.2) is 39.6 Å². The largest absolute Gasteiger partial charge is 0.493 e. The lowest BCUT2D eigenvalue weighted by Crippen LogP contribution is -2.61. The number of nitrogens with zero attached hydrogens (tertiary/aromatic N) is 1. The van der Waals surface area contributed by atoms with E-state index in [0.29, 0.717) is 48.1 Å². The predicted molar refractivity (Wildman–Crippen MR) is 179 cm³/mol. The van der Waals surface area contributed by atoms with Crippen LogP contribution in [0.3, 0.4) is 0 Å². The SMILES string of the molecule is CCOc1cc(NC(=O)C2(NC(=O)c3ccc4c(c3)c(C)c(-c3ccsc3)n4C3CCCCC3)CCC2)ccc1/C=C/C(=O)O. The van der Waals surface area contributed by atoms with E-state index in [1.54, 1.807) is 29.5 Å². The molecule has 2 saturated carbocycles. The van der Waals surface area contributed by atoms with Crippen LogP contribution in [0.4, 0.5) is 5.69 Å². The number of carbonyl (C=O) groups is 3. The number of aromatic nitrogens is 1. The number of rotatable bonds is 10. The van der Waals surface area contributed by atoms with Gasteiger partial charge in [0.2, 0.25) is 5.91 Å². The van der Waals surface area contributed by atoms with Gasteiger partial charge >= 0.3 is 5.97 Å². The van der Waals surface area contributed by atoms with Gasteiger partial charge in [0, 0.05) is 56.8 Å². The fourth-order valence-electron chi connectivity index (χ4n) is 6.76. The number of amides is 2. The van der Waals surface area contributed by atoms with Crippen molar-refractivity contribution in [2.45, 2.75) is 76.8 Å². The van der Waals surface area contributed by atoms with Gasteiger partial charge in [-0.25, -0.2) is 4.79 Å². The minimum Gasteiger partial charge on any atom is -0.493 e. The number of carboxylic acid groups (broad SMARTS) is 1. The molecule has 4 aromatic rings. The van der Waals surface area contributed by atoms with E-state index in [0.717, 1.165) is 36.2 Å². The average Bonchev–Trinajstić information content (AvgIpc) is 3.65. The van der Waals surface area contributed by atoms with Crippen LogP contribution in [0.25, 0.3) is 28.2 Å². The van der Waals surface area contributed by atoms with Crippen LogP contribution < -0.4 is 15.4 Å². The van der Waals surface area contributed by atoms with Crippen LogP contribution in [0.5, 0.6) is 5.75 Å². The van der Waals surface area contributed by atoms with Crippen molar-refractivity contribution in [3.8, 4) is 17.0 Å². The molecule has 0 bridgehead atoms. The Hall–Kier alpha value is -4.37. The predicted octanol–water partition coefficient (Wildman–Crippen LogP) is 7.97. The summed E-state index contributed by atoms with van der Waals surface area (Å²) in [5.74, 6) is -1.14. The maximum absolute atomic E-state index is 13.7. The Kier molecular flexibility index (Phi) is 8.81. The molecule has 2 amide bonds. The summed E-state index contributed by atoms with van der Waals surface area (Å²) >= 11 is 1.70. The molecule has 0 atom stereocenters. The Labute approximate surface area is 267 Å². The summed E-state index contributed by atoms with van der Waals surface area (Å²) in [6.45, 7) is 4.37. The molecule has 2 fully saturated rings. The van der Waals surface area contributed by atoms with Gasteiger partial charge in [-0.05, 0) is 99.4 Å². The summed E-state index contributed by atoms with van der Waals surface area (Å²) in [5.41, 5.74) is 5.41. The standard InChI is InChI=1S/C36H39N3O5S/c1-3-44-31-21-27(13-10-24(31)12-15-32(40)41)37-35(43)36(17-7-18-36)38-34(42)25-11-14-30-29(20-25)23(2)33(26-16-19-45-22-26)39(30)28-8-5-4-6-9-28/h10-16,19-22,28H,3-9,17-18H2,1-2H3,(H,37,43)(H,38,42)(H,40,41)/b15-12+. The molecule has 2 aliphatic rings. The van der Waals surface area contributed by atoms with Crippen LogP contribution in [0.15, 0.2) is 59.3 Å². The van der Waals surface area contributed by atoms with Crippen molar-refractivity contribution >= 4 is 51.8 Å². The fraction of sp³-hybridized carbons (Fsp3) is 0.361. The summed E-state index contributed by atoms with van der Waals surface area (Å²) in [7, 11) is 0. The molecule has 9 heteroatoms. The minimum atomic E-state index is -1.06. The summed E-state index contributed by atoms with van der Waals surface area (Å²) in [5, 5.41) is 20.4. The zero-order valence-corrected chi connectivity index (χ0v) is 26.5. The van der Waals surface area contributed by atoms with Gasteiger partial charge in [-0.2, -0.15) is 11.3 Å². The molecule has 0 unspecified atom stereocenters. The molecule has 2 heterocycles. The van der Waals surface area contributed by atoms with Crippen molar-refractivity contribution in [1.29, 1.82) is 0 Å². The van der Waals surface area contributed by atoms with Crippen molar-refractivity contribution in [3.05, 3.63) is 76.0 Å². The zero-order valence-electron chi connectivity index (χ0n) is 25.7. The molecule has 2 aromatic carbocycles. The first-order chi connectivity index (χ1) is 21.8. The summed E-state index contributed by atoms with van der Waals surface area (Å²) in [6, 6.07) is 13.6. The highest BCUT2D eigenvalue weighted by Crippen LogP contribution is 2.41. The Morgan fingerprint density at radius 2 is 1.87 bits per heavy atom. The van der Waals surface area contributed by atoms with E-state index in [2.05, 4.69) is 45.0 Å². The number of aryl methyl sites for hydroxylation is 1. The number of hydrogen-bond donors (Lipinski definition) is 3. The van der Waals surface area contributed by atoms with E-state index in [4.69, 9.17) is 9.84 Å².